The second kappa shape index (κ2) is 74.2. The number of ether oxygens (including phenoxy) is 4. The lowest BCUT2D eigenvalue weighted by Gasteiger charge is -2.21. The van der Waals surface area contributed by atoms with Crippen LogP contribution in [0.2, 0.25) is 0 Å². The molecule has 0 saturated heterocycles. The fourth-order valence-electron chi connectivity index (χ4n) is 9.92. The van der Waals surface area contributed by atoms with Crippen LogP contribution >= 0.6 is 15.6 Å². The van der Waals surface area contributed by atoms with Gasteiger partial charge in [0.2, 0.25) is 0 Å². The minimum absolute atomic E-state index is 0.000277. The fraction of sp³-hybridized carbons (Fsp3) is 0.663. The summed E-state index contributed by atoms with van der Waals surface area (Å²) in [4.78, 5) is 72.9. The molecule has 17 nitrogen and oxygen atoms in total. The standard InChI is InChI=1S/C83H138O17P2/c1-5-9-13-17-21-25-29-33-36-38-41-45-48-52-56-60-64-68-81(86)94-74-79(100-83(88)70-66-62-58-54-50-46-42-39-37-34-30-26-22-18-14-10-6-2)76-98-102(91,92)96-72-77(84)71-95-101(89,90)97-75-78(99-82(87)69-65-61-57-53-49-43-32-28-24-20-16-12-8-4)73-93-80(85)67-63-59-55-51-47-44-40-35-31-27-23-19-15-11-7-3/h9-10,13-14,16,20-22,25-26,28,32-34,36-37,41-42,45-46,52,54,56,58,77-79,84H,5-8,11-12,15,17-19,23-24,27,29-31,35,38-40,43-44,47-51,53,55,57,59-76H2,1-4H3,(H,89,90)(H,91,92)/b13-9-,14-10-,20-16-,25-21-,26-22-,32-28-,36-33-,37-34-,45-41-,46-42-,56-52-,58-54-. The van der Waals surface area contributed by atoms with Gasteiger partial charge in [0, 0.05) is 25.7 Å². The lowest BCUT2D eigenvalue weighted by molar-refractivity contribution is -0.161. The number of hydrogen-bond acceptors (Lipinski definition) is 15. The Morgan fingerprint density at radius 2 is 0.539 bits per heavy atom. The van der Waals surface area contributed by atoms with E-state index in [4.69, 9.17) is 37.0 Å². The van der Waals surface area contributed by atoms with Gasteiger partial charge in [0.1, 0.15) is 19.3 Å². The summed E-state index contributed by atoms with van der Waals surface area (Å²) in [6.45, 7) is 4.44. The summed E-state index contributed by atoms with van der Waals surface area (Å²) in [6, 6.07) is 0. The number of phosphoric acid groups is 2. The van der Waals surface area contributed by atoms with Crippen LogP contribution in [0.15, 0.2) is 146 Å². The van der Waals surface area contributed by atoms with Gasteiger partial charge < -0.3 is 33.8 Å². The van der Waals surface area contributed by atoms with Crippen molar-refractivity contribution < 1.29 is 80.2 Å². The second-order valence-corrected chi connectivity index (χ2v) is 28.4. The van der Waals surface area contributed by atoms with Gasteiger partial charge in [-0.3, -0.25) is 37.3 Å². The molecule has 0 aromatic rings. The van der Waals surface area contributed by atoms with E-state index in [-0.39, 0.29) is 25.7 Å². The van der Waals surface area contributed by atoms with E-state index in [1.807, 2.05) is 24.3 Å². The fourth-order valence-corrected chi connectivity index (χ4v) is 11.5. The van der Waals surface area contributed by atoms with Crippen LogP contribution in [0, 0.1) is 0 Å². The molecule has 0 heterocycles. The lowest BCUT2D eigenvalue weighted by Crippen LogP contribution is -2.30. The van der Waals surface area contributed by atoms with Crippen molar-refractivity contribution >= 4 is 39.5 Å². The van der Waals surface area contributed by atoms with Crippen molar-refractivity contribution in [2.24, 2.45) is 0 Å². The molecule has 0 radical (unpaired) electrons. The Kier molecular flexibility index (Phi) is 70.5. The Hall–Kier alpha value is -5.06. The lowest BCUT2D eigenvalue weighted by atomic mass is 10.0. The van der Waals surface area contributed by atoms with E-state index in [9.17, 15) is 43.2 Å². The number of unbranched alkanes of at least 4 members (excludes halogenated alkanes) is 22. The van der Waals surface area contributed by atoms with Gasteiger partial charge in [-0.25, -0.2) is 9.13 Å². The average Bonchev–Trinajstić information content (AvgIpc) is 0.959. The van der Waals surface area contributed by atoms with Crippen molar-refractivity contribution in [3.8, 4) is 0 Å². The third kappa shape index (κ3) is 73.3. The Bertz CT molecular complexity index is 2510. The van der Waals surface area contributed by atoms with E-state index >= 15 is 0 Å². The highest BCUT2D eigenvalue weighted by Gasteiger charge is 2.30. The molecule has 0 rings (SSSR count). The van der Waals surface area contributed by atoms with E-state index in [1.165, 1.54) is 70.6 Å². The van der Waals surface area contributed by atoms with Crippen LogP contribution in [-0.2, 0) is 65.4 Å². The maximum absolute atomic E-state index is 13.1. The predicted octanol–water partition coefficient (Wildman–Crippen LogP) is 22.7. The van der Waals surface area contributed by atoms with Gasteiger partial charge >= 0.3 is 39.5 Å². The molecule has 0 aromatic carbocycles. The van der Waals surface area contributed by atoms with Crippen LogP contribution in [0.1, 0.15) is 297 Å². The molecule has 0 saturated carbocycles. The van der Waals surface area contributed by atoms with E-state index in [2.05, 4.69) is 149 Å². The summed E-state index contributed by atoms with van der Waals surface area (Å²) < 4.78 is 68.4. The molecule has 19 heteroatoms. The number of phosphoric ester groups is 2. The number of carbonyl (C=O) groups is 4. The zero-order valence-corrected chi connectivity index (χ0v) is 65.3. The Morgan fingerprint density at radius 1 is 0.284 bits per heavy atom. The number of hydrogen-bond donors (Lipinski definition) is 3. The van der Waals surface area contributed by atoms with E-state index < -0.39 is 97.5 Å². The highest BCUT2D eigenvalue weighted by atomic mass is 31.2. The highest BCUT2D eigenvalue weighted by molar-refractivity contribution is 7.47. The van der Waals surface area contributed by atoms with Gasteiger partial charge in [-0.1, -0.05) is 289 Å². The summed E-state index contributed by atoms with van der Waals surface area (Å²) in [5.74, 6) is -2.33. The van der Waals surface area contributed by atoms with Crippen LogP contribution in [0.5, 0.6) is 0 Å². The number of rotatable bonds is 72. The first kappa shape index (κ1) is 96.9. The maximum atomic E-state index is 13.1. The highest BCUT2D eigenvalue weighted by Crippen LogP contribution is 2.45. The zero-order chi connectivity index (χ0) is 74.6. The molecule has 582 valence electrons. The largest absolute Gasteiger partial charge is 0.472 e. The maximum Gasteiger partial charge on any atom is 0.472 e. The molecule has 0 bridgehead atoms. The third-order valence-electron chi connectivity index (χ3n) is 15.8. The predicted molar refractivity (Wildman–Crippen MR) is 417 cm³/mol. The molecule has 0 aromatic heterocycles. The quantitative estimate of drug-likeness (QED) is 0.0169. The summed E-state index contributed by atoms with van der Waals surface area (Å²) in [7, 11) is -10.00. The van der Waals surface area contributed by atoms with Gasteiger partial charge in [-0.15, -0.1) is 0 Å². The molecular formula is C83H138O17P2. The first-order valence-corrected chi connectivity index (χ1v) is 42.1. The smallest absolute Gasteiger partial charge is 0.462 e. The van der Waals surface area contributed by atoms with Crippen LogP contribution in [0.4, 0.5) is 0 Å². The molecule has 0 fully saturated rings. The van der Waals surface area contributed by atoms with Crippen molar-refractivity contribution in [3.05, 3.63) is 146 Å². The van der Waals surface area contributed by atoms with Gasteiger partial charge in [0.05, 0.1) is 26.4 Å². The summed E-state index contributed by atoms with van der Waals surface area (Å²) in [5.41, 5.74) is 0. The Balaban J connectivity index is 5.47. The normalized spacial score (nSPS) is 14.7. The minimum Gasteiger partial charge on any atom is -0.462 e. The monoisotopic (exact) mass is 1470 g/mol. The van der Waals surface area contributed by atoms with E-state index in [0.717, 1.165) is 135 Å². The molecule has 0 aliphatic rings. The molecule has 3 N–H and O–H groups in total. The number of allylic oxidation sites excluding steroid dienone is 24. The van der Waals surface area contributed by atoms with Gasteiger partial charge in [-0.2, -0.15) is 0 Å². The summed E-state index contributed by atoms with van der Waals surface area (Å²) in [5, 5.41) is 10.6. The van der Waals surface area contributed by atoms with Crippen LogP contribution in [0.25, 0.3) is 0 Å². The van der Waals surface area contributed by atoms with Gasteiger partial charge in [0.15, 0.2) is 12.2 Å². The molecule has 5 unspecified atom stereocenters. The molecule has 0 amide bonds. The molecule has 0 aliphatic carbocycles. The van der Waals surface area contributed by atoms with Crippen molar-refractivity contribution in [3.63, 3.8) is 0 Å². The Morgan fingerprint density at radius 3 is 0.873 bits per heavy atom. The summed E-state index contributed by atoms with van der Waals surface area (Å²) in [6.07, 6.45) is 84.2. The van der Waals surface area contributed by atoms with Crippen LogP contribution < -0.4 is 0 Å². The molecular weight excluding hydrogens is 1330 g/mol. The molecule has 5 atom stereocenters. The molecule has 0 aliphatic heterocycles. The first-order valence-electron chi connectivity index (χ1n) is 39.1. The number of esters is 4. The molecule has 102 heavy (non-hydrogen) atoms. The Labute approximate surface area is 617 Å². The van der Waals surface area contributed by atoms with Crippen molar-refractivity contribution in [2.75, 3.05) is 39.6 Å². The average molecular weight is 1470 g/mol. The number of carbonyl (C=O) groups excluding carboxylic acids is 4. The van der Waals surface area contributed by atoms with Crippen molar-refractivity contribution in [2.45, 2.75) is 316 Å². The first-order chi connectivity index (χ1) is 49.7. The van der Waals surface area contributed by atoms with Crippen molar-refractivity contribution in [1.82, 2.24) is 0 Å². The van der Waals surface area contributed by atoms with Gasteiger partial charge in [0.25, 0.3) is 0 Å². The minimum atomic E-state index is -5.01. The van der Waals surface area contributed by atoms with E-state index in [1.54, 1.807) is 0 Å². The zero-order valence-electron chi connectivity index (χ0n) is 63.5. The van der Waals surface area contributed by atoms with Gasteiger partial charge in [-0.05, 0) is 128 Å². The van der Waals surface area contributed by atoms with Crippen LogP contribution in [-0.4, -0.2) is 96.7 Å². The topological polar surface area (TPSA) is 237 Å². The third-order valence-corrected chi connectivity index (χ3v) is 17.7. The van der Waals surface area contributed by atoms with E-state index in [0.29, 0.717) is 38.5 Å². The summed E-state index contributed by atoms with van der Waals surface area (Å²) >= 11 is 0. The number of aliphatic hydroxyl groups is 1. The number of aliphatic hydroxyl groups excluding tert-OH is 1. The SMILES string of the molecule is CC/C=C\C/C=C\C/C=C\C/C=C\C/C=C\CCCC(=O)OCC(COP(=O)(O)OCC(O)COP(=O)(O)OCC(COC(=O)CCCCCCCCCCCCCCCCC)OC(=O)CCCCCCC/C=C\C/C=C\CCC)OC(=O)CCC/C=C\C/C=C\C/C=C\C/C=C\C/C=C\CC. The second-order valence-electron chi connectivity index (χ2n) is 25.5. The van der Waals surface area contributed by atoms with Crippen molar-refractivity contribution in [1.29, 1.82) is 0 Å². The van der Waals surface area contributed by atoms with Crippen LogP contribution in [0.3, 0.4) is 0 Å². The molecule has 0 spiro atoms.